The molecular weight excluding hydrogens is 930 g/mol. The van der Waals surface area contributed by atoms with Crippen molar-refractivity contribution in [2.45, 2.75) is 47.8 Å². The molecule has 0 aliphatic carbocycles. The Bertz CT molecular complexity index is 3180. The van der Waals surface area contributed by atoms with Crippen molar-refractivity contribution < 1.29 is 40.0 Å². The molecule has 0 saturated carbocycles. The van der Waals surface area contributed by atoms with E-state index in [0.717, 1.165) is 5.56 Å². The van der Waals surface area contributed by atoms with E-state index in [1.165, 1.54) is 21.8 Å². The van der Waals surface area contributed by atoms with E-state index in [2.05, 4.69) is 9.97 Å². The van der Waals surface area contributed by atoms with Gasteiger partial charge in [-0.25, -0.2) is 9.97 Å². The van der Waals surface area contributed by atoms with E-state index >= 15 is 0 Å². The van der Waals surface area contributed by atoms with Crippen LogP contribution in [-0.2, 0) is 46.3 Å². The molecule has 71 heavy (non-hydrogen) atoms. The van der Waals surface area contributed by atoms with Gasteiger partial charge in [0.25, 0.3) is 5.56 Å². The monoisotopic (exact) mass is 974 g/mol. The molecule has 358 valence electrons. The normalized spacial score (nSPS) is 17.6. The fraction of sp³-hybridized carbons (Fsp3) is 0.161. The average molecular weight is 975 g/mol. The number of alkyl halides is 3. The molecule has 1 fully saturated rings. The molecule has 0 N–H and O–H groups in total. The third-order valence-electron chi connectivity index (χ3n) is 12.7. The van der Waals surface area contributed by atoms with E-state index in [9.17, 15) is 26.4 Å². The first kappa shape index (κ1) is 47.2. The molecular formula is C56H45F3N4O7S. The van der Waals surface area contributed by atoms with Gasteiger partial charge in [0.2, 0.25) is 0 Å². The molecule has 11 nitrogen and oxygen atoms in total. The first-order valence-electron chi connectivity index (χ1n) is 22.8. The number of aromatic nitrogens is 4. The van der Waals surface area contributed by atoms with Crippen LogP contribution in [0, 0.1) is 0 Å². The minimum atomic E-state index is -6.41. The lowest BCUT2D eigenvalue weighted by Gasteiger charge is -2.41. The Morgan fingerprint density at radius 1 is 0.535 bits per heavy atom. The summed E-state index contributed by atoms with van der Waals surface area (Å²) in [6.45, 7) is -0.281. The van der Waals surface area contributed by atoms with Gasteiger partial charge in [0.05, 0.1) is 19.5 Å². The van der Waals surface area contributed by atoms with Crippen LogP contribution >= 0.6 is 0 Å². The third-order valence-corrected chi connectivity index (χ3v) is 13.7. The topological polar surface area (TPSA) is 124 Å². The number of fused-ring (bicyclic) bond motifs is 1. The second-order valence-corrected chi connectivity index (χ2v) is 18.5. The number of hydrogen-bond donors (Lipinski definition) is 0. The maximum Gasteiger partial charge on any atom is 0.523 e. The standard InChI is InChI=1S/C56H45F3N4O7S/c57-56(58,59)71(65,66)70-50-49(69-55(44-30-16-5-17-31-44,45-32-18-6-19-33-45)46-34-20-7-21-35-46)47(68-53(50)63-39-60-48-51(63)61-38-62(52(48)64)36-40-22-8-1-9-23-40)37-67-54(41-24-10-2-11-25-41,42-26-12-3-13-27-42)43-28-14-4-15-29-43/h1-35,38-39,47,49-50,53H,36-37H2/t47-,49-,50-,53-/m1/s1. The van der Waals surface area contributed by atoms with Gasteiger partial charge in [-0.2, -0.15) is 21.6 Å². The third kappa shape index (κ3) is 8.98. The van der Waals surface area contributed by atoms with Gasteiger partial charge in [-0.15, -0.1) is 0 Å². The fourth-order valence-corrected chi connectivity index (χ4v) is 10.0. The van der Waals surface area contributed by atoms with Gasteiger partial charge >= 0.3 is 15.6 Å². The SMILES string of the molecule is O=c1c2ncn([C@@H]3O[C@H](COC(c4ccccc4)(c4ccccc4)c4ccccc4)[C@@H](OC(c4ccccc4)(c4ccccc4)c4ccccc4)[C@H]3OS(=O)(=O)C(F)(F)F)c2ncn1Cc1ccccc1. The zero-order chi connectivity index (χ0) is 49.1. The number of hydrogen-bond acceptors (Lipinski definition) is 9. The van der Waals surface area contributed by atoms with Crippen LogP contribution in [-0.4, -0.2) is 57.9 Å². The molecule has 2 aromatic heterocycles. The van der Waals surface area contributed by atoms with E-state index in [1.54, 1.807) is 36.4 Å². The molecule has 10 rings (SSSR count). The molecule has 1 aliphatic rings. The molecule has 0 bridgehead atoms. The predicted octanol–water partition coefficient (Wildman–Crippen LogP) is 10.2. The minimum Gasteiger partial charge on any atom is -0.358 e. The van der Waals surface area contributed by atoms with Crippen LogP contribution < -0.4 is 5.56 Å². The quantitative estimate of drug-likeness (QED) is 0.0529. The summed E-state index contributed by atoms with van der Waals surface area (Å²) < 4.78 is 101. The molecule has 4 atom stereocenters. The Balaban J connectivity index is 1.19. The Morgan fingerprint density at radius 2 is 0.944 bits per heavy atom. The number of imidazole rings is 1. The van der Waals surface area contributed by atoms with Crippen LogP contribution in [0.3, 0.4) is 0 Å². The second kappa shape index (κ2) is 19.7. The van der Waals surface area contributed by atoms with Gasteiger partial charge in [-0.3, -0.25) is 18.1 Å². The molecule has 7 aromatic carbocycles. The highest BCUT2D eigenvalue weighted by Gasteiger charge is 2.58. The van der Waals surface area contributed by atoms with Crippen molar-refractivity contribution in [2.24, 2.45) is 0 Å². The van der Waals surface area contributed by atoms with Crippen LogP contribution in [0.25, 0.3) is 11.2 Å². The van der Waals surface area contributed by atoms with Gasteiger partial charge in [0.15, 0.2) is 23.5 Å². The molecule has 0 spiro atoms. The van der Waals surface area contributed by atoms with Gasteiger partial charge < -0.3 is 14.2 Å². The van der Waals surface area contributed by atoms with Crippen molar-refractivity contribution >= 4 is 21.3 Å². The number of nitrogens with zero attached hydrogens (tertiary/aromatic N) is 4. The van der Waals surface area contributed by atoms with E-state index in [-0.39, 0.29) is 17.7 Å². The molecule has 0 radical (unpaired) electrons. The van der Waals surface area contributed by atoms with Gasteiger partial charge in [0, 0.05) is 0 Å². The first-order valence-corrected chi connectivity index (χ1v) is 24.2. The zero-order valence-corrected chi connectivity index (χ0v) is 38.6. The van der Waals surface area contributed by atoms with Gasteiger partial charge in [0.1, 0.15) is 29.7 Å². The van der Waals surface area contributed by atoms with Crippen LogP contribution in [0.15, 0.2) is 230 Å². The van der Waals surface area contributed by atoms with E-state index < -0.39 is 63.5 Å². The molecule has 9 aromatic rings. The zero-order valence-electron chi connectivity index (χ0n) is 37.8. The average Bonchev–Trinajstić information content (AvgIpc) is 3.99. The highest BCUT2D eigenvalue weighted by atomic mass is 32.2. The molecule has 1 aliphatic heterocycles. The summed E-state index contributed by atoms with van der Waals surface area (Å²) in [4.78, 5) is 23.1. The predicted molar refractivity (Wildman–Crippen MR) is 260 cm³/mol. The van der Waals surface area contributed by atoms with Gasteiger partial charge in [-0.1, -0.05) is 212 Å². The lowest BCUT2D eigenvalue weighted by molar-refractivity contribution is -0.131. The van der Waals surface area contributed by atoms with Gasteiger partial charge in [-0.05, 0) is 38.9 Å². The Kier molecular flexibility index (Phi) is 13.1. The van der Waals surface area contributed by atoms with Crippen LogP contribution in [0.2, 0.25) is 0 Å². The number of ether oxygens (including phenoxy) is 3. The summed E-state index contributed by atoms with van der Waals surface area (Å²) in [5.41, 5.74) is -5.14. The lowest BCUT2D eigenvalue weighted by Crippen LogP contribution is -2.48. The van der Waals surface area contributed by atoms with E-state index in [1.807, 2.05) is 176 Å². The highest BCUT2D eigenvalue weighted by molar-refractivity contribution is 7.87. The van der Waals surface area contributed by atoms with Crippen molar-refractivity contribution in [3.8, 4) is 0 Å². The van der Waals surface area contributed by atoms with Crippen molar-refractivity contribution in [2.75, 3.05) is 6.61 Å². The summed E-state index contributed by atoms with van der Waals surface area (Å²) in [7, 11) is -6.41. The molecule has 3 heterocycles. The molecule has 0 amide bonds. The summed E-state index contributed by atoms with van der Waals surface area (Å²) >= 11 is 0. The van der Waals surface area contributed by atoms with Crippen molar-refractivity contribution in [3.05, 3.63) is 274 Å². The summed E-state index contributed by atoms with van der Waals surface area (Å²) in [6, 6.07) is 64.7. The maximum absolute atomic E-state index is 14.8. The van der Waals surface area contributed by atoms with Crippen LogP contribution in [0.4, 0.5) is 13.2 Å². The van der Waals surface area contributed by atoms with Crippen LogP contribution in [0.1, 0.15) is 45.2 Å². The van der Waals surface area contributed by atoms with Crippen molar-refractivity contribution in [3.63, 3.8) is 0 Å². The van der Waals surface area contributed by atoms with Crippen molar-refractivity contribution in [1.82, 2.24) is 19.1 Å². The molecule has 15 heteroatoms. The summed E-state index contributed by atoms with van der Waals surface area (Å²) in [5, 5.41) is 0. The number of halogens is 3. The minimum absolute atomic E-state index is 0.102. The fourth-order valence-electron chi connectivity index (χ4n) is 9.44. The Hall–Kier alpha value is -7.53. The van der Waals surface area contributed by atoms with E-state index in [4.69, 9.17) is 18.4 Å². The number of rotatable bonds is 16. The van der Waals surface area contributed by atoms with E-state index in [0.29, 0.717) is 33.4 Å². The Morgan fingerprint density at radius 3 is 1.37 bits per heavy atom. The highest BCUT2D eigenvalue weighted by Crippen LogP contribution is 2.48. The number of benzene rings is 7. The molecule has 1 saturated heterocycles. The Labute approximate surface area is 407 Å². The molecule has 0 unspecified atom stereocenters. The maximum atomic E-state index is 14.8. The van der Waals surface area contributed by atoms with Crippen LogP contribution in [0.5, 0.6) is 0 Å². The smallest absolute Gasteiger partial charge is 0.358 e. The summed E-state index contributed by atoms with van der Waals surface area (Å²) in [6.07, 6.45) is -4.57. The largest absolute Gasteiger partial charge is 0.523 e. The van der Waals surface area contributed by atoms with Crippen molar-refractivity contribution in [1.29, 1.82) is 0 Å². The summed E-state index contributed by atoms with van der Waals surface area (Å²) in [5.74, 6) is 0. The second-order valence-electron chi connectivity index (χ2n) is 17.0. The first-order chi connectivity index (χ1) is 34.5. The lowest BCUT2D eigenvalue weighted by atomic mass is 9.79.